The van der Waals surface area contributed by atoms with Crippen LogP contribution in [0.25, 0.3) is 0 Å². The normalized spacial score (nSPS) is 16.7. The van der Waals surface area contributed by atoms with Crippen molar-refractivity contribution >= 4 is 35.3 Å². The number of hydrogen-bond donors (Lipinski definition) is 3. The summed E-state index contributed by atoms with van der Waals surface area (Å²) in [6, 6.07) is 5.01. The summed E-state index contributed by atoms with van der Waals surface area (Å²) >= 11 is 0. The van der Waals surface area contributed by atoms with Gasteiger partial charge in [-0.25, -0.2) is 0 Å². The molecule has 0 bridgehead atoms. The Morgan fingerprint density at radius 3 is 2.62 bits per heavy atom. The molecule has 0 aliphatic carbocycles. The second kappa shape index (κ2) is 12.4. The molecule has 12 heteroatoms. The highest BCUT2D eigenvalue weighted by atomic mass is 16.5. The smallest absolute Gasteiger partial charge is 0.306 e. The number of aromatic hydroxyl groups is 1. The van der Waals surface area contributed by atoms with Gasteiger partial charge in [0.25, 0.3) is 11.8 Å². The topological polar surface area (TPSA) is 172 Å². The summed E-state index contributed by atoms with van der Waals surface area (Å²) in [5.41, 5.74) is 0.381. The number of carbonyl (C=O) groups is 5. The van der Waals surface area contributed by atoms with Crippen LogP contribution in [0, 0.1) is 0 Å². The van der Waals surface area contributed by atoms with Crippen LogP contribution < -0.4 is 16.1 Å². The Balaban J connectivity index is 1.16. The fourth-order valence-corrected chi connectivity index (χ4v) is 4.55. The summed E-state index contributed by atoms with van der Waals surface area (Å²) in [6.45, 7) is 0.388. The van der Waals surface area contributed by atoms with Crippen LogP contribution in [0.3, 0.4) is 0 Å². The molecule has 1 fully saturated rings. The SMILES string of the molecule is O=C1CCC(N2C(=O)c3cccc(NCCCCCCCC(=O)OCc4cc(=O)c(O)co4)c3C2=O)C(=O)N1. The average Bonchev–Trinajstić information content (AvgIpc) is 3.16. The third-order valence-electron chi connectivity index (χ3n) is 6.58. The minimum atomic E-state index is -1.01. The van der Waals surface area contributed by atoms with Gasteiger partial charge in [-0.2, -0.15) is 0 Å². The molecular weight excluding hydrogens is 510 g/mol. The molecule has 1 aromatic carbocycles. The fourth-order valence-electron chi connectivity index (χ4n) is 4.55. The van der Waals surface area contributed by atoms with Crippen molar-refractivity contribution in [3.8, 4) is 5.75 Å². The largest absolute Gasteiger partial charge is 0.502 e. The van der Waals surface area contributed by atoms with Gasteiger partial charge in [0, 0.05) is 31.1 Å². The van der Waals surface area contributed by atoms with Crippen LogP contribution in [0.2, 0.25) is 0 Å². The maximum atomic E-state index is 13.1. The molecule has 2 aromatic rings. The minimum absolute atomic E-state index is 0.0649. The zero-order valence-electron chi connectivity index (χ0n) is 21.2. The number of anilines is 1. The Hall–Kier alpha value is -4.48. The van der Waals surface area contributed by atoms with Gasteiger partial charge >= 0.3 is 5.97 Å². The number of amides is 4. The monoisotopic (exact) mass is 539 g/mol. The second-order valence-corrected chi connectivity index (χ2v) is 9.38. The van der Waals surface area contributed by atoms with E-state index in [0.29, 0.717) is 18.7 Å². The molecule has 1 atom stereocenters. The summed E-state index contributed by atoms with van der Waals surface area (Å²) in [7, 11) is 0. The zero-order valence-corrected chi connectivity index (χ0v) is 21.2. The second-order valence-electron chi connectivity index (χ2n) is 9.38. The molecule has 1 saturated heterocycles. The first-order valence-electron chi connectivity index (χ1n) is 12.8. The van der Waals surface area contributed by atoms with E-state index in [1.807, 2.05) is 0 Å². The highest BCUT2D eigenvalue weighted by Crippen LogP contribution is 2.32. The van der Waals surface area contributed by atoms with Crippen molar-refractivity contribution in [2.75, 3.05) is 11.9 Å². The lowest BCUT2D eigenvalue weighted by molar-refractivity contribution is -0.145. The van der Waals surface area contributed by atoms with Crippen LogP contribution in [-0.2, 0) is 25.7 Å². The molecule has 0 radical (unpaired) electrons. The summed E-state index contributed by atoms with van der Waals surface area (Å²) in [6.07, 6.45) is 5.33. The highest BCUT2D eigenvalue weighted by Gasteiger charge is 2.45. The zero-order chi connectivity index (χ0) is 27.9. The van der Waals surface area contributed by atoms with Gasteiger partial charge in [0.1, 0.15) is 24.7 Å². The number of hydrogen-bond acceptors (Lipinski definition) is 10. The number of unbranched alkanes of at least 4 members (excludes halogenated alkanes) is 4. The number of imide groups is 2. The van der Waals surface area contributed by atoms with Gasteiger partial charge in [0.05, 0.1) is 11.1 Å². The third kappa shape index (κ3) is 6.51. The third-order valence-corrected chi connectivity index (χ3v) is 6.58. The van der Waals surface area contributed by atoms with E-state index in [1.54, 1.807) is 18.2 Å². The van der Waals surface area contributed by atoms with Crippen molar-refractivity contribution in [3.05, 3.63) is 57.6 Å². The summed E-state index contributed by atoms with van der Waals surface area (Å²) in [5.74, 6) is -2.92. The van der Waals surface area contributed by atoms with E-state index in [9.17, 15) is 28.8 Å². The predicted octanol–water partition coefficient (Wildman–Crippen LogP) is 2.24. The van der Waals surface area contributed by atoms with Crippen LogP contribution in [0.1, 0.15) is 77.8 Å². The lowest BCUT2D eigenvalue weighted by Gasteiger charge is -2.27. The molecule has 4 amide bonds. The van der Waals surface area contributed by atoms with E-state index in [2.05, 4.69) is 10.6 Å². The van der Waals surface area contributed by atoms with Gasteiger partial charge in [0.2, 0.25) is 17.2 Å². The highest BCUT2D eigenvalue weighted by molar-refractivity contribution is 6.25. The number of piperidine rings is 1. The molecule has 3 N–H and O–H groups in total. The number of nitrogens with zero attached hydrogens (tertiary/aromatic N) is 1. The van der Waals surface area contributed by atoms with Crippen LogP contribution in [0.5, 0.6) is 5.75 Å². The van der Waals surface area contributed by atoms with E-state index in [1.165, 1.54) is 0 Å². The Labute approximate surface area is 223 Å². The van der Waals surface area contributed by atoms with Crippen LogP contribution in [-0.4, -0.2) is 52.2 Å². The molecule has 2 aliphatic rings. The number of carbonyl (C=O) groups excluding carboxylic acids is 5. The van der Waals surface area contributed by atoms with Crippen molar-refractivity contribution in [1.82, 2.24) is 10.2 Å². The van der Waals surface area contributed by atoms with E-state index in [-0.39, 0.29) is 42.8 Å². The number of esters is 1. The molecular formula is C27H29N3O9. The fraction of sp³-hybridized carbons (Fsp3) is 0.407. The molecule has 206 valence electrons. The summed E-state index contributed by atoms with van der Waals surface area (Å²) < 4.78 is 10.1. The Morgan fingerprint density at radius 1 is 1.08 bits per heavy atom. The van der Waals surface area contributed by atoms with Gasteiger partial charge in [-0.3, -0.25) is 39.0 Å². The maximum Gasteiger partial charge on any atom is 0.306 e. The number of rotatable bonds is 12. The molecule has 39 heavy (non-hydrogen) atoms. The number of ether oxygens (including phenoxy) is 1. The minimum Gasteiger partial charge on any atom is -0.502 e. The number of benzene rings is 1. The summed E-state index contributed by atoms with van der Waals surface area (Å²) in [5, 5.41) is 14.6. The molecule has 12 nitrogen and oxygen atoms in total. The van der Waals surface area contributed by atoms with Crippen molar-refractivity contribution in [2.45, 2.75) is 64.0 Å². The average molecular weight is 540 g/mol. The van der Waals surface area contributed by atoms with Gasteiger partial charge < -0.3 is 19.6 Å². The van der Waals surface area contributed by atoms with E-state index in [4.69, 9.17) is 14.3 Å². The van der Waals surface area contributed by atoms with Crippen LogP contribution >= 0.6 is 0 Å². The standard InChI is InChI=1S/C27H29N3O9/c31-20-13-16(38-15-21(20)32)14-39-23(34)9-4-2-1-3-5-12-28-18-8-6-7-17-24(18)27(37)30(26(17)36)19-10-11-22(33)29-25(19)35/h6-8,13,15,19,28,32H,1-5,9-12,14H2,(H,29,33,35). The van der Waals surface area contributed by atoms with Crippen molar-refractivity contribution in [2.24, 2.45) is 0 Å². The van der Waals surface area contributed by atoms with E-state index < -0.39 is 46.8 Å². The van der Waals surface area contributed by atoms with Gasteiger partial charge in [-0.15, -0.1) is 0 Å². The molecule has 0 saturated carbocycles. The first kappa shape index (κ1) is 27.6. The molecule has 0 spiro atoms. The van der Waals surface area contributed by atoms with Crippen LogP contribution in [0.4, 0.5) is 5.69 Å². The maximum absolute atomic E-state index is 13.1. The molecule has 1 unspecified atom stereocenters. The first-order valence-corrected chi connectivity index (χ1v) is 12.8. The molecule has 4 rings (SSSR count). The molecule has 1 aromatic heterocycles. The summed E-state index contributed by atoms with van der Waals surface area (Å²) in [4.78, 5) is 73.9. The lowest BCUT2D eigenvalue weighted by atomic mass is 10.0. The van der Waals surface area contributed by atoms with E-state index in [0.717, 1.165) is 42.9 Å². The lowest BCUT2D eigenvalue weighted by Crippen LogP contribution is -2.54. The quantitative estimate of drug-likeness (QED) is 0.206. The van der Waals surface area contributed by atoms with Gasteiger partial charge in [0.15, 0.2) is 5.75 Å². The Morgan fingerprint density at radius 2 is 1.85 bits per heavy atom. The van der Waals surface area contributed by atoms with Crippen molar-refractivity contribution in [3.63, 3.8) is 0 Å². The Bertz CT molecular complexity index is 1350. The van der Waals surface area contributed by atoms with Crippen molar-refractivity contribution < 1.29 is 38.2 Å². The number of nitrogens with one attached hydrogen (secondary N) is 2. The number of fused-ring (bicyclic) bond motifs is 1. The van der Waals surface area contributed by atoms with Gasteiger partial charge in [-0.05, 0) is 31.4 Å². The van der Waals surface area contributed by atoms with E-state index >= 15 is 0 Å². The van der Waals surface area contributed by atoms with Crippen LogP contribution in [0.15, 0.2) is 39.7 Å². The molecule has 2 aliphatic heterocycles. The van der Waals surface area contributed by atoms with Crippen molar-refractivity contribution in [1.29, 1.82) is 0 Å². The molecule has 3 heterocycles. The van der Waals surface area contributed by atoms with Gasteiger partial charge in [-0.1, -0.05) is 25.3 Å². The Kier molecular flexibility index (Phi) is 8.74. The predicted molar refractivity (Wildman–Crippen MR) is 136 cm³/mol. The first-order chi connectivity index (χ1) is 18.8.